The van der Waals surface area contributed by atoms with E-state index in [1.54, 1.807) is 36.7 Å². The molecule has 0 aliphatic carbocycles. The molecule has 0 atom stereocenters. The molecule has 2 rings (SSSR count). The third-order valence-corrected chi connectivity index (χ3v) is 5.87. The second kappa shape index (κ2) is 17.7. The van der Waals surface area contributed by atoms with Crippen molar-refractivity contribution in [3.8, 4) is 22.9 Å². The minimum absolute atomic E-state index is 0.112. The highest BCUT2D eigenvalue weighted by atomic mass is 19.3. The van der Waals surface area contributed by atoms with Gasteiger partial charge in [-0.05, 0) is 49.9 Å². The van der Waals surface area contributed by atoms with Crippen molar-refractivity contribution in [3.05, 3.63) is 36.7 Å². The van der Waals surface area contributed by atoms with Crippen LogP contribution in [0.5, 0.6) is 11.5 Å². The lowest BCUT2D eigenvalue weighted by molar-refractivity contribution is -0.521. The molecule has 0 unspecified atom stereocenters. The van der Waals surface area contributed by atoms with Gasteiger partial charge in [-0.15, -0.1) is 0 Å². The number of ether oxygens (including phenoxy) is 5. The zero-order valence-corrected chi connectivity index (χ0v) is 24.2. The molecule has 0 spiro atoms. The highest BCUT2D eigenvalue weighted by molar-refractivity contribution is 5.60. The Kier molecular flexibility index (Phi) is 15.0. The Bertz CT molecular complexity index is 1130. The van der Waals surface area contributed by atoms with Gasteiger partial charge in [0.1, 0.15) is 6.61 Å². The number of nitrogens with zero attached hydrogens (tertiary/aromatic N) is 2. The minimum Gasteiger partial charge on any atom is -0.490 e. The minimum atomic E-state index is -6.52. The molecule has 0 radical (unpaired) electrons. The van der Waals surface area contributed by atoms with Crippen LogP contribution in [0, 0.1) is 0 Å². The van der Waals surface area contributed by atoms with Gasteiger partial charge < -0.3 is 14.2 Å². The Morgan fingerprint density at radius 2 is 1.24 bits per heavy atom. The maximum Gasteiger partial charge on any atom is 0.453 e. The Labute approximate surface area is 253 Å². The van der Waals surface area contributed by atoms with E-state index >= 15 is 0 Å². The van der Waals surface area contributed by atoms with Gasteiger partial charge in [-0.3, -0.25) is 0 Å². The molecule has 256 valence electrons. The van der Waals surface area contributed by atoms with Crippen molar-refractivity contribution < 1.29 is 67.6 Å². The first-order valence-electron chi connectivity index (χ1n) is 14.0. The summed E-state index contributed by atoms with van der Waals surface area (Å²) in [6.45, 7) is 0.351. The smallest absolute Gasteiger partial charge is 0.453 e. The summed E-state index contributed by atoms with van der Waals surface area (Å²) >= 11 is 0. The molecule has 45 heavy (non-hydrogen) atoms. The molecule has 0 fully saturated rings. The maximum atomic E-state index is 13.6. The molecule has 0 bridgehead atoms. The van der Waals surface area contributed by atoms with Gasteiger partial charge in [0.25, 0.3) is 0 Å². The summed E-state index contributed by atoms with van der Waals surface area (Å²) in [6, 6.07) is 6.89. The van der Waals surface area contributed by atoms with E-state index in [4.69, 9.17) is 9.47 Å². The Balaban J connectivity index is 1.79. The summed E-state index contributed by atoms with van der Waals surface area (Å²) in [5.74, 6) is 1.42. The first kappa shape index (κ1) is 38.3. The molecule has 0 amide bonds. The second-order valence-electron chi connectivity index (χ2n) is 9.70. The van der Waals surface area contributed by atoms with E-state index in [0.717, 1.165) is 32.1 Å². The lowest BCUT2D eigenvalue weighted by Gasteiger charge is -2.30. The van der Waals surface area contributed by atoms with Crippen molar-refractivity contribution in [1.82, 2.24) is 9.97 Å². The summed E-state index contributed by atoms with van der Waals surface area (Å²) in [7, 11) is 0. The highest BCUT2D eigenvalue weighted by Crippen LogP contribution is 2.44. The molecule has 0 saturated carbocycles. The first-order valence-corrected chi connectivity index (χ1v) is 14.0. The van der Waals surface area contributed by atoms with E-state index in [9.17, 15) is 43.9 Å². The fourth-order valence-electron chi connectivity index (χ4n) is 3.62. The topological polar surface area (TPSA) is 71.9 Å². The van der Waals surface area contributed by atoms with Crippen molar-refractivity contribution in [2.24, 2.45) is 0 Å². The van der Waals surface area contributed by atoms with Crippen LogP contribution in [0.25, 0.3) is 11.4 Å². The first-order chi connectivity index (χ1) is 21.1. The van der Waals surface area contributed by atoms with Crippen LogP contribution in [-0.4, -0.2) is 67.3 Å². The normalized spacial score (nSPS) is 13.0. The van der Waals surface area contributed by atoms with Gasteiger partial charge in [0.2, 0.25) is 0 Å². The van der Waals surface area contributed by atoms with Crippen LogP contribution in [0.3, 0.4) is 0 Å². The predicted octanol–water partition coefficient (Wildman–Crippen LogP) is 8.73. The van der Waals surface area contributed by atoms with Crippen LogP contribution in [0.2, 0.25) is 0 Å². The number of unbranched alkanes of at least 4 members (excludes halogenated alkanes) is 6. The number of aromatic nitrogens is 2. The standard InChI is InChI=1S/C28H34F10N2O5/c1-2-3-4-5-8-17-43-22-18-20(23-39-13-10-14-40-23)11-12-21(22)42-16-9-6-7-15-41-19-25(31,32)44-27(35,36)28(37,38)45-26(33,34)24(29)30/h10-14,18,24H,2-9,15-17,19H2,1H3. The molecule has 0 N–H and O–H groups in total. The molecule has 0 saturated heterocycles. The monoisotopic (exact) mass is 668 g/mol. The predicted molar refractivity (Wildman–Crippen MR) is 140 cm³/mol. The molecule has 1 aromatic heterocycles. The van der Waals surface area contributed by atoms with E-state index in [1.165, 1.54) is 0 Å². The third-order valence-electron chi connectivity index (χ3n) is 5.87. The van der Waals surface area contributed by atoms with Crippen LogP contribution in [0.4, 0.5) is 43.9 Å². The van der Waals surface area contributed by atoms with Gasteiger partial charge in [-0.25, -0.2) is 28.2 Å². The number of alkyl halides is 10. The Morgan fingerprint density at radius 1 is 0.689 bits per heavy atom. The van der Waals surface area contributed by atoms with E-state index in [-0.39, 0.29) is 13.0 Å². The van der Waals surface area contributed by atoms with E-state index in [2.05, 4.69) is 31.1 Å². The van der Waals surface area contributed by atoms with Gasteiger partial charge in [0, 0.05) is 24.6 Å². The van der Waals surface area contributed by atoms with E-state index < -0.39 is 44.1 Å². The second-order valence-corrected chi connectivity index (χ2v) is 9.70. The van der Waals surface area contributed by atoms with Crippen molar-refractivity contribution in [3.63, 3.8) is 0 Å². The molecule has 1 aromatic carbocycles. The molecule has 0 aliphatic heterocycles. The van der Waals surface area contributed by atoms with Crippen LogP contribution < -0.4 is 9.47 Å². The lowest BCUT2D eigenvalue weighted by Crippen LogP contribution is -2.53. The molecule has 0 aliphatic rings. The van der Waals surface area contributed by atoms with Crippen LogP contribution in [-0.2, 0) is 14.2 Å². The van der Waals surface area contributed by atoms with Gasteiger partial charge in [0.05, 0.1) is 13.2 Å². The number of halogens is 10. The van der Waals surface area contributed by atoms with Gasteiger partial charge in [-0.1, -0.05) is 32.6 Å². The summed E-state index contributed by atoms with van der Waals surface area (Å²) in [5.41, 5.74) is 0.710. The Morgan fingerprint density at radius 3 is 1.87 bits per heavy atom. The molecule has 2 aromatic rings. The van der Waals surface area contributed by atoms with Gasteiger partial charge in [-0.2, -0.15) is 35.1 Å². The number of hydrogen-bond donors (Lipinski definition) is 0. The van der Waals surface area contributed by atoms with E-state index in [1.807, 2.05) is 0 Å². The summed E-state index contributed by atoms with van der Waals surface area (Å²) in [4.78, 5) is 8.44. The van der Waals surface area contributed by atoms with Crippen molar-refractivity contribution in [1.29, 1.82) is 0 Å². The van der Waals surface area contributed by atoms with Crippen molar-refractivity contribution >= 4 is 0 Å². The molecule has 17 heteroatoms. The maximum absolute atomic E-state index is 13.6. The number of hydrogen-bond acceptors (Lipinski definition) is 7. The fraction of sp³-hybridized carbons (Fsp3) is 0.643. The van der Waals surface area contributed by atoms with Crippen molar-refractivity contribution in [2.75, 3.05) is 26.4 Å². The van der Waals surface area contributed by atoms with Crippen LogP contribution >= 0.6 is 0 Å². The molecule has 7 nitrogen and oxygen atoms in total. The third kappa shape index (κ3) is 13.1. The molecule has 1 heterocycles. The quantitative estimate of drug-likeness (QED) is 0.0867. The average Bonchev–Trinajstić information content (AvgIpc) is 2.96. The van der Waals surface area contributed by atoms with Crippen LogP contribution in [0.15, 0.2) is 36.7 Å². The SMILES string of the molecule is CCCCCCCOc1cc(-c2ncccn2)ccc1OCCCCCOCC(F)(F)OC(F)(F)C(F)(F)OC(F)(F)C(F)F. The Hall–Kier alpha value is -2.92. The summed E-state index contributed by atoms with van der Waals surface area (Å²) < 4.78 is 150. The zero-order chi connectivity index (χ0) is 33.6. The molecular formula is C28H34F10N2O5. The van der Waals surface area contributed by atoms with Gasteiger partial charge in [0.15, 0.2) is 17.3 Å². The van der Waals surface area contributed by atoms with Gasteiger partial charge >= 0.3 is 30.9 Å². The number of rotatable bonds is 23. The number of benzene rings is 1. The summed E-state index contributed by atoms with van der Waals surface area (Å²) in [5, 5.41) is 0. The average molecular weight is 669 g/mol. The largest absolute Gasteiger partial charge is 0.490 e. The fourth-order valence-corrected chi connectivity index (χ4v) is 3.62. The summed E-state index contributed by atoms with van der Waals surface area (Å²) in [6.07, 6.45) is -19.8. The van der Waals surface area contributed by atoms with Crippen molar-refractivity contribution in [2.45, 2.75) is 89.2 Å². The molecular weight excluding hydrogens is 634 g/mol. The zero-order valence-electron chi connectivity index (χ0n) is 24.2. The lowest BCUT2D eigenvalue weighted by atomic mass is 10.1. The highest BCUT2D eigenvalue weighted by Gasteiger charge is 2.68. The van der Waals surface area contributed by atoms with E-state index in [0.29, 0.717) is 42.3 Å². The van der Waals surface area contributed by atoms with Crippen LogP contribution in [0.1, 0.15) is 58.3 Å².